The van der Waals surface area contributed by atoms with E-state index in [0.29, 0.717) is 11.3 Å². The van der Waals surface area contributed by atoms with E-state index >= 15 is 0 Å². The Hall–Kier alpha value is -4.01. The number of pyridine rings is 2. The topological polar surface area (TPSA) is 112 Å². The third-order valence-corrected chi connectivity index (χ3v) is 6.51. The number of likely N-dealkylation sites (tertiary alicyclic amines) is 1. The molecule has 1 amide bonds. The van der Waals surface area contributed by atoms with Crippen molar-refractivity contribution in [3.63, 3.8) is 0 Å². The monoisotopic (exact) mass is 457 g/mol. The Bertz CT molecular complexity index is 1390. The summed E-state index contributed by atoms with van der Waals surface area (Å²) in [5.41, 5.74) is 5.59. The van der Waals surface area contributed by atoms with Gasteiger partial charge in [-0.3, -0.25) is 19.4 Å². The molecule has 174 valence electrons. The molecule has 1 saturated heterocycles. The second-order valence-electron chi connectivity index (χ2n) is 8.77. The number of hydrogen-bond donors (Lipinski definition) is 2. The van der Waals surface area contributed by atoms with Gasteiger partial charge in [0.05, 0.1) is 47.1 Å². The average Bonchev–Trinajstić information content (AvgIpc) is 3.42. The van der Waals surface area contributed by atoms with Gasteiger partial charge >= 0.3 is 0 Å². The normalized spacial score (nSPS) is 15.3. The molecule has 0 saturated carbocycles. The number of carbonyl (C=O) groups excluding carboxylic acids is 1. The number of nitrogens with one attached hydrogen (secondary N) is 1. The van der Waals surface area contributed by atoms with E-state index in [1.54, 1.807) is 31.7 Å². The molecule has 9 nitrogen and oxygen atoms in total. The van der Waals surface area contributed by atoms with Crippen LogP contribution >= 0.6 is 0 Å². The van der Waals surface area contributed by atoms with Crippen LogP contribution in [-0.4, -0.2) is 59.4 Å². The Morgan fingerprint density at radius 1 is 1.21 bits per heavy atom. The summed E-state index contributed by atoms with van der Waals surface area (Å²) >= 11 is 0. The summed E-state index contributed by atoms with van der Waals surface area (Å²) < 4.78 is 1.94. The smallest absolute Gasteiger partial charge is 0.219 e. The minimum atomic E-state index is 0.0575. The van der Waals surface area contributed by atoms with Crippen LogP contribution in [0.15, 0.2) is 48.1 Å². The summed E-state index contributed by atoms with van der Waals surface area (Å²) in [5, 5.41) is 16.0. The Morgan fingerprint density at radius 2 is 2.00 bits per heavy atom. The third kappa shape index (κ3) is 4.05. The highest BCUT2D eigenvalue weighted by atomic mass is 16.3. The van der Waals surface area contributed by atoms with Gasteiger partial charge in [-0.1, -0.05) is 0 Å². The maximum Gasteiger partial charge on any atom is 0.219 e. The van der Waals surface area contributed by atoms with Crippen LogP contribution in [0.1, 0.15) is 43.9 Å². The van der Waals surface area contributed by atoms with E-state index in [1.807, 2.05) is 41.8 Å². The molecule has 4 aromatic heterocycles. The van der Waals surface area contributed by atoms with Gasteiger partial charge in [0.2, 0.25) is 5.91 Å². The summed E-state index contributed by atoms with van der Waals surface area (Å²) in [4.78, 5) is 30.0. The van der Waals surface area contributed by atoms with Crippen molar-refractivity contribution in [1.82, 2.24) is 29.6 Å². The highest BCUT2D eigenvalue weighted by Crippen LogP contribution is 2.32. The van der Waals surface area contributed by atoms with Gasteiger partial charge in [0.15, 0.2) is 5.88 Å². The van der Waals surface area contributed by atoms with Gasteiger partial charge in [-0.15, -0.1) is 0 Å². The maximum absolute atomic E-state index is 11.6. The average molecular weight is 458 g/mol. The number of aliphatic imine (C=N–C) groups is 1. The number of nitrogens with zero attached hydrogens (tertiary/aromatic N) is 6. The molecule has 0 aromatic carbocycles. The molecule has 0 aliphatic carbocycles. The molecule has 5 heterocycles. The molecule has 1 aliphatic rings. The van der Waals surface area contributed by atoms with Crippen molar-refractivity contribution in [1.29, 1.82) is 0 Å². The number of fused-ring (bicyclic) bond motifs is 1. The summed E-state index contributed by atoms with van der Waals surface area (Å²) in [7, 11) is 0. The molecule has 0 atom stereocenters. The van der Waals surface area contributed by atoms with Crippen LogP contribution in [-0.2, 0) is 4.79 Å². The van der Waals surface area contributed by atoms with Crippen molar-refractivity contribution < 1.29 is 9.90 Å². The molecule has 1 aliphatic heterocycles. The fourth-order valence-corrected chi connectivity index (χ4v) is 4.61. The molecule has 1 fully saturated rings. The number of aromatic amines is 1. The van der Waals surface area contributed by atoms with Crippen LogP contribution in [0.5, 0.6) is 5.88 Å². The first-order valence-electron chi connectivity index (χ1n) is 11.4. The number of amides is 1. The summed E-state index contributed by atoms with van der Waals surface area (Å²) in [6.45, 7) is 7.00. The first-order chi connectivity index (χ1) is 16.4. The van der Waals surface area contributed by atoms with Crippen LogP contribution in [0, 0.1) is 6.92 Å². The predicted octanol–water partition coefficient (Wildman–Crippen LogP) is 4.16. The first-order valence-corrected chi connectivity index (χ1v) is 11.4. The molecule has 0 bridgehead atoms. The van der Waals surface area contributed by atoms with E-state index in [9.17, 15) is 9.90 Å². The van der Waals surface area contributed by atoms with Gasteiger partial charge in [-0.25, -0.2) is 4.99 Å². The van der Waals surface area contributed by atoms with Crippen LogP contribution in [0.3, 0.4) is 0 Å². The second-order valence-corrected chi connectivity index (χ2v) is 8.77. The molecule has 5 rings (SSSR count). The summed E-state index contributed by atoms with van der Waals surface area (Å²) in [5.74, 6) is 0.178. The van der Waals surface area contributed by atoms with E-state index < -0.39 is 0 Å². The molecule has 0 spiro atoms. The standard InChI is InChI=1S/C25H27N7O2/c1-15-4-7-26-12-21(15)22-10-20-23(13-27-22)30-25(34)24(20)16(2)29-18-11-28-32(14-18)19-5-8-31(9-6-19)17(3)33/h4,7,10-14,19,30,34H,5-6,8-9H2,1-3H3. The maximum atomic E-state index is 11.6. The van der Waals surface area contributed by atoms with Crippen molar-refractivity contribution in [3.05, 3.63) is 54.2 Å². The number of hydrogen-bond acceptors (Lipinski definition) is 6. The van der Waals surface area contributed by atoms with Crippen LogP contribution in [0.25, 0.3) is 22.2 Å². The summed E-state index contributed by atoms with van der Waals surface area (Å²) in [6.07, 6.45) is 10.7. The second kappa shape index (κ2) is 8.74. The van der Waals surface area contributed by atoms with E-state index in [0.717, 1.165) is 59.3 Å². The Labute approximate surface area is 197 Å². The number of aryl methyl sites for hydroxylation is 1. The highest BCUT2D eigenvalue weighted by Gasteiger charge is 2.22. The van der Waals surface area contributed by atoms with Gasteiger partial charge in [0.1, 0.15) is 5.69 Å². The van der Waals surface area contributed by atoms with E-state index in [-0.39, 0.29) is 17.8 Å². The first kappa shape index (κ1) is 21.8. The van der Waals surface area contributed by atoms with Crippen molar-refractivity contribution in [2.45, 2.75) is 39.7 Å². The van der Waals surface area contributed by atoms with E-state index in [4.69, 9.17) is 4.99 Å². The van der Waals surface area contributed by atoms with Gasteiger partial charge in [-0.05, 0) is 44.4 Å². The lowest BCUT2D eigenvalue weighted by Gasteiger charge is -2.31. The molecular weight excluding hydrogens is 430 g/mol. The minimum absolute atomic E-state index is 0.0575. The Balaban J connectivity index is 1.43. The third-order valence-electron chi connectivity index (χ3n) is 6.51. The number of aromatic nitrogens is 5. The number of rotatable bonds is 4. The number of piperidine rings is 1. The van der Waals surface area contributed by atoms with Crippen molar-refractivity contribution in [3.8, 4) is 17.1 Å². The van der Waals surface area contributed by atoms with Gasteiger partial charge in [0, 0.05) is 43.4 Å². The zero-order valence-electron chi connectivity index (χ0n) is 19.5. The van der Waals surface area contributed by atoms with Crippen molar-refractivity contribution in [2.75, 3.05) is 13.1 Å². The van der Waals surface area contributed by atoms with E-state index in [1.165, 1.54) is 0 Å². The van der Waals surface area contributed by atoms with Crippen molar-refractivity contribution >= 4 is 28.2 Å². The zero-order valence-corrected chi connectivity index (χ0v) is 19.5. The molecule has 0 unspecified atom stereocenters. The number of H-pyrrole nitrogens is 1. The SMILES string of the molecule is CC(=O)N1CCC(n2cc(N=C(C)c3c(O)[nH]c4cnc(-c5cnccc5C)cc34)cn2)CC1. The molecule has 0 radical (unpaired) electrons. The van der Waals surface area contributed by atoms with Crippen molar-refractivity contribution in [2.24, 2.45) is 4.99 Å². The van der Waals surface area contributed by atoms with Crippen LogP contribution < -0.4 is 0 Å². The van der Waals surface area contributed by atoms with Gasteiger partial charge in [0.25, 0.3) is 0 Å². The lowest BCUT2D eigenvalue weighted by molar-refractivity contribution is -0.130. The Morgan fingerprint density at radius 3 is 2.74 bits per heavy atom. The quantitative estimate of drug-likeness (QED) is 0.447. The Kier molecular flexibility index (Phi) is 5.61. The van der Waals surface area contributed by atoms with Crippen LogP contribution in [0.4, 0.5) is 5.69 Å². The number of carbonyl (C=O) groups is 1. The molecule has 9 heteroatoms. The fraction of sp³-hybridized carbons (Fsp3) is 0.320. The minimum Gasteiger partial charge on any atom is -0.494 e. The highest BCUT2D eigenvalue weighted by molar-refractivity contribution is 6.13. The molecule has 34 heavy (non-hydrogen) atoms. The summed E-state index contributed by atoms with van der Waals surface area (Å²) in [6, 6.07) is 4.15. The molecule has 2 N–H and O–H groups in total. The lowest BCUT2D eigenvalue weighted by Crippen LogP contribution is -2.37. The molecular formula is C25H27N7O2. The molecule has 4 aromatic rings. The van der Waals surface area contributed by atoms with E-state index in [2.05, 4.69) is 20.1 Å². The van der Waals surface area contributed by atoms with Gasteiger partial charge < -0.3 is 15.0 Å². The zero-order chi connectivity index (χ0) is 23.8. The number of aromatic hydroxyl groups is 1. The van der Waals surface area contributed by atoms with Gasteiger partial charge in [-0.2, -0.15) is 5.10 Å². The fourth-order valence-electron chi connectivity index (χ4n) is 4.61. The lowest BCUT2D eigenvalue weighted by atomic mass is 10.0. The van der Waals surface area contributed by atoms with Crippen LogP contribution in [0.2, 0.25) is 0 Å². The predicted molar refractivity (Wildman–Crippen MR) is 130 cm³/mol. The largest absolute Gasteiger partial charge is 0.494 e.